The third kappa shape index (κ3) is 8.80. The van der Waals surface area contributed by atoms with Crippen LogP contribution in [0, 0.1) is 0 Å². The smallest absolute Gasteiger partial charge is 0.414 e. The van der Waals surface area contributed by atoms with Gasteiger partial charge in [0.05, 0.1) is 5.56 Å². The number of anilines is 2. The van der Waals surface area contributed by atoms with Gasteiger partial charge in [0.15, 0.2) is 5.06 Å². The SMILES string of the molecule is Nc1nc(N)c(CCCCCCc2csc(OC(=O)N[C@@H](CCC(=O)O)C(=O)O)c2)c(=O)[nH]1. The fourth-order valence-electron chi connectivity index (χ4n) is 3.09. The normalized spacial score (nSPS) is 11.6. The van der Waals surface area contributed by atoms with E-state index in [1.54, 1.807) is 6.07 Å². The number of aryl methyl sites for hydroxylation is 1. The van der Waals surface area contributed by atoms with Crippen molar-refractivity contribution in [3.8, 4) is 5.06 Å². The van der Waals surface area contributed by atoms with Crippen LogP contribution in [0.4, 0.5) is 16.6 Å². The number of hydrogen-bond donors (Lipinski definition) is 6. The van der Waals surface area contributed by atoms with Crippen molar-refractivity contribution in [2.75, 3.05) is 11.5 Å². The largest absolute Gasteiger partial charge is 0.481 e. The minimum atomic E-state index is -1.34. The van der Waals surface area contributed by atoms with Crippen molar-refractivity contribution in [2.45, 2.75) is 57.4 Å². The first-order chi connectivity index (χ1) is 15.7. The minimum Gasteiger partial charge on any atom is -0.481 e. The molecule has 8 N–H and O–H groups in total. The van der Waals surface area contributed by atoms with E-state index in [9.17, 15) is 19.2 Å². The van der Waals surface area contributed by atoms with Gasteiger partial charge in [-0.15, -0.1) is 11.3 Å². The molecule has 0 saturated carbocycles. The van der Waals surface area contributed by atoms with Crippen LogP contribution in [0.1, 0.15) is 49.7 Å². The highest BCUT2D eigenvalue weighted by atomic mass is 32.1. The molecule has 2 aromatic rings. The number of carboxylic acid groups (broad SMARTS) is 2. The summed E-state index contributed by atoms with van der Waals surface area (Å²) in [5.74, 6) is -2.33. The van der Waals surface area contributed by atoms with E-state index in [2.05, 4.69) is 15.3 Å². The van der Waals surface area contributed by atoms with Crippen molar-refractivity contribution in [1.82, 2.24) is 15.3 Å². The van der Waals surface area contributed by atoms with Crippen LogP contribution in [0.25, 0.3) is 0 Å². The fraction of sp³-hybridized carbons (Fsp3) is 0.450. The Labute approximate surface area is 193 Å². The number of ether oxygens (including phenoxy) is 1. The van der Waals surface area contributed by atoms with Gasteiger partial charge in [0.25, 0.3) is 5.56 Å². The molecule has 2 heterocycles. The molecule has 0 aromatic carbocycles. The molecule has 0 spiro atoms. The van der Waals surface area contributed by atoms with Crippen molar-refractivity contribution >= 4 is 41.1 Å². The van der Waals surface area contributed by atoms with Gasteiger partial charge in [-0.3, -0.25) is 14.6 Å². The fourth-order valence-corrected chi connectivity index (χ4v) is 3.88. The van der Waals surface area contributed by atoms with Crippen LogP contribution in [0.3, 0.4) is 0 Å². The van der Waals surface area contributed by atoms with E-state index in [-0.39, 0.29) is 30.2 Å². The van der Waals surface area contributed by atoms with Crippen molar-refractivity contribution in [3.05, 3.63) is 32.9 Å². The maximum absolute atomic E-state index is 11.9. The molecule has 0 saturated heterocycles. The first-order valence-electron chi connectivity index (χ1n) is 10.3. The predicted octanol–water partition coefficient (Wildman–Crippen LogP) is 1.75. The third-order valence-corrected chi connectivity index (χ3v) is 5.62. The first-order valence-corrected chi connectivity index (χ1v) is 11.2. The maximum atomic E-state index is 11.9. The van der Waals surface area contributed by atoms with Crippen molar-refractivity contribution in [1.29, 1.82) is 0 Å². The van der Waals surface area contributed by atoms with Crippen LogP contribution >= 0.6 is 11.3 Å². The second-order valence-corrected chi connectivity index (χ2v) is 8.23. The molecule has 0 fully saturated rings. The van der Waals surface area contributed by atoms with Crippen LogP contribution in [0.5, 0.6) is 5.06 Å². The minimum absolute atomic E-state index is 0.00210. The molecule has 180 valence electrons. The number of aromatic amines is 1. The number of nitrogens with zero attached hydrogens (tertiary/aromatic N) is 1. The molecular formula is C20H27N5O7S. The molecule has 12 nitrogen and oxygen atoms in total. The number of unbranched alkanes of at least 4 members (excludes halogenated alkanes) is 3. The van der Waals surface area contributed by atoms with Gasteiger partial charge in [0.1, 0.15) is 11.9 Å². The number of thiophene rings is 1. The Bertz CT molecular complexity index is 1040. The summed E-state index contributed by atoms with van der Waals surface area (Å²) in [5.41, 5.74) is 12.3. The van der Waals surface area contributed by atoms with E-state index in [0.717, 1.165) is 37.7 Å². The zero-order valence-corrected chi connectivity index (χ0v) is 18.7. The summed E-state index contributed by atoms with van der Waals surface area (Å²) >= 11 is 1.21. The van der Waals surface area contributed by atoms with Crippen molar-refractivity contribution in [3.63, 3.8) is 0 Å². The lowest BCUT2D eigenvalue weighted by Crippen LogP contribution is -2.42. The van der Waals surface area contributed by atoms with Gasteiger partial charge in [-0.1, -0.05) is 12.8 Å². The van der Waals surface area contributed by atoms with Gasteiger partial charge >= 0.3 is 18.0 Å². The van der Waals surface area contributed by atoms with Gasteiger partial charge in [0.2, 0.25) is 5.95 Å². The Kier molecular flexibility index (Phi) is 9.66. The number of hydrogen-bond acceptors (Lipinski definition) is 9. The quantitative estimate of drug-likeness (QED) is 0.228. The Morgan fingerprint density at radius 1 is 1.15 bits per heavy atom. The highest BCUT2D eigenvalue weighted by molar-refractivity contribution is 7.12. The summed E-state index contributed by atoms with van der Waals surface area (Å²) in [5, 5.41) is 22.1. The number of nitrogens with two attached hydrogens (primary N) is 2. The molecule has 0 aliphatic heterocycles. The van der Waals surface area contributed by atoms with E-state index < -0.39 is 24.1 Å². The number of amides is 1. The second kappa shape index (κ2) is 12.4. The van der Waals surface area contributed by atoms with E-state index in [4.69, 9.17) is 26.4 Å². The molecule has 2 rings (SSSR count). The summed E-state index contributed by atoms with van der Waals surface area (Å²) in [6, 6.07) is 0.361. The molecule has 0 unspecified atom stereocenters. The zero-order chi connectivity index (χ0) is 24.4. The number of carbonyl (C=O) groups excluding carboxylic acids is 1. The number of rotatable bonds is 13. The van der Waals surface area contributed by atoms with Gasteiger partial charge in [-0.2, -0.15) is 4.98 Å². The molecular weight excluding hydrogens is 454 g/mol. The molecule has 0 aliphatic carbocycles. The van der Waals surface area contributed by atoms with Gasteiger partial charge in [0, 0.05) is 6.42 Å². The van der Waals surface area contributed by atoms with E-state index in [1.165, 1.54) is 11.3 Å². The molecule has 1 atom stereocenters. The van der Waals surface area contributed by atoms with Crippen LogP contribution in [0.15, 0.2) is 16.2 Å². The number of nitrogen functional groups attached to an aromatic ring is 2. The molecule has 33 heavy (non-hydrogen) atoms. The zero-order valence-electron chi connectivity index (χ0n) is 17.8. The second-order valence-electron chi connectivity index (χ2n) is 7.36. The highest BCUT2D eigenvalue weighted by Gasteiger charge is 2.22. The van der Waals surface area contributed by atoms with Gasteiger partial charge < -0.3 is 31.7 Å². The number of aromatic nitrogens is 2. The Hall–Kier alpha value is -3.61. The molecule has 0 radical (unpaired) electrons. The lowest BCUT2D eigenvalue weighted by Gasteiger charge is -2.12. The highest BCUT2D eigenvalue weighted by Crippen LogP contribution is 2.25. The monoisotopic (exact) mass is 481 g/mol. The average molecular weight is 482 g/mol. The van der Waals surface area contributed by atoms with Gasteiger partial charge in [-0.25, -0.2) is 9.59 Å². The molecule has 2 aromatic heterocycles. The van der Waals surface area contributed by atoms with Crippen molar-refractivity contribution in [2.24, 2.45) is 0 Å². The van der Waals surface area contributed by atoms with Crippen LogP contribution < -0.4 is 27.1 Å². The van der Waals surface area contributed by atoms with Crippen LogP contribution in [-0.2, 0) is 22.4 Å². The number of H-pyrrole nitrogens is 1. The summed E-state index contributed by atoms with van der Waals surface area (Å²) in [4.78, 5) is 51.8. The lowest BCUT2D eigenvalue weighted by molar-refractivity contribution is -0.140. The average Bonchev–Trinajstić information content (AvgIpc) is 3.15. The van der Waals surface area contributed by atoms with E-state index >= 15 is 0 Å². The van der Waals surface area contributed by atoms with Gasteiger partial charge in [-0.05, 0) is 49.1 Å². The summed E-state index contributed by atoms with van der Waals surface area (Å²) in [6.45, 7) is 0. The standard InChI is InChI=1S/C20H27N5O7S/c21-16-12(17(28)25-19(22)24-16)6-4-2-1-3-5-11-9-15(33-10-11)32-20(31)23-13(18(29)30)7-8-14(26)27/h9-10,13H,1-8H2,(H,23,31)(H,26,27)(H,29,30)(H5,21,22,24,25,28)/t13-/m0/s1. The molecule has 0 aliphatic rings. The van der Waals surface area contributed by atoms with E-state index in [0.29, 0.717) is 17.0 Å². The Morgan fingerprint density at radius 2 is 1.85 bits per heavy atom. The first kappa shape index (κ1) is 25.6. The molecule has 1 amide bonds. The number of carbonyl (C=O) groups is 3. The molecule has 13 heteroatoms. The lowest BCUT2D eigenvalue weighted by atomic mass is 10.1. The number of nitrogens with one attached hydrogen (secondary N) is 2. The number of aliphatic carboxylic acids is 2. The Balaban J connectivity index is 1.70. The maximum Gasteiger partial charge on any atom is 0.414 e. The Morgan fingerprint density at radius 3 is 2.48 bits per heavy atom. The predicted molar refractivity (Wildman–Crippen MR) is 121 cm³/mol. The van der Waals surface area contributed by atoms with Crippen LogP contribution in [0.2, 0.25) is 0 Å². The van der Waals surface area contributed by atoms with Crippen molar-refractivity contribution < 1.29 is 29.3 Å². The topological polar surface area (TPSA) is 211 Å². The summed E-state index contributed by atoms with van der Waals surface area (Å²) < 4.78 is 5.11. The van der Waals surface area contributed by atoms with Crippen LogP contribution in [-0.4, -0.2) is 44.3 Å². The third-order valence-electron chi connectivity index (χ3n) is 4.77. The van der Waals surface area contributed by atoms with E-state index in [1.807, 2.05) is 5.38 Å². The summed E-state index contributed by atoms with van der Waals surface area (Å²) in [7, 11) is 0. The number of carboxylic acids is 2. The molecule has 0 bridgehead atoms. The summed E-state index contributed by atoms with van der Waals surface area (Å²) in [6.07, 6.45) is 3.20.